The van der Waals surface area contributed by atoms with Gasteiger partial charge in [0.2, 0.25) is 0 Å². The lowest BCUT2D eigenvalue weighted by Gasteiger charge is -2.15. The first-order valence-electron chi connectivity index (χ1n) is 9.64. The van der Waals surface area contributed by atoms with Crippen molar-refractivity contribution in [2.45, 2.75) is 12.5 Å². The lowest BCUT2D eigenvalue weighted by molar-refractivity contribution is -0.134. The molecule has 4 nitrogen and oxygen atoms in total. The van der Waals surface area contributed by atoms with E-state index >= 15 is 0 Å². The fourth-order valence-electron chi connectivity index (χ4n) is 3.07. The van der Waals surface area contributed by atoms with Crippen molar-refractivity contribution in [2.24, 2.45) is 4.99 Å². The highest BCUT2D eigenvalue weighted by atomic mass is 16.5. The number of nitrogens with zero attached hydrogens (tertiary/aromatic N) is 2. The molecule has 30 heavy (non-hydrogen) atoms. The molecule has 0 radical (unpaired) electrons. The van der Waals surface area contributed by atoms with Crippen LogP contribution in [-0.4, -0.2) is 18.8 Å². The Morgan fingerprint density at radius 3 is 2.03 bits per heavy atom. The molecular weight excluding hydrogens is 372 g/mol. The highest BCUT2D eigenvalue weighted by molar-refractivity contribution is 6.13. The number of methoxy groups -OCH3 is 1. The summed E-state index contributed by atoms with van der Waals surface area (Å²) in [4.78, 5) is 16.6. The Bertz CT molecular complexity index is 1020. The number of rotatable bonds is 7. The van der Waals surface area contributed by atoms with E-state index in [2.05, 4.69) is 6.07 Å². The van der Waals surface area contributed by atoms with Gasteiger partial charge in [0.05, 0.1) is 30.5 Å². The summed E-state index contributed by atoms with van der Waals surface area (Å²) in [6.07, 6.45) is 3.70. The van der Waals surface area contributed by atoms with Crippen molar-refractivity contribution in [3.63, 3.8) is 0 Å². The highest BCUT2D eigenvalue weighted by Gasteiger charge is 2.14. The van der Waals surface area contributed by atoms with Crippen molar-refractivity contribution in [1.82, 2.24) is 0 Å². The van der Waals surface area contributed by atoms with Crippen LogP contribution in [0.5, 0.6) is 0 Å². The molecule has 3 aromatic rings. The van der Waals surface area contributed by atoms with Gasteiger partial charge in [0, 0.05) is 17.2 Å². The van der Waals surface area contributed by atoms with Gasteiger partial charge in [-0.25, -0.2) is 4.79 Å². The second-order valence-electron chi connectivity index (χ2n) is 6.62. The van der Waals surface area contributed by atoms with Crippen LogP contribution in [0.4, 0.5) is 0 Å². The van der Waals surface area contributed by atoms with E-state index < -0.39 is 5.97 Å². The van der Waals surface area contributed by atoms with Crippen molar-refractivity contribution < 1.29 is 9.53 Å². The number of nitriles is 1. The van der Waals surface area contributed by atoms with Crippen molar-refractivity contribution in [2.75, 3.05) is 7.11 Å². The molecule has 0 N–H and O–H groups in total. The molecule has 1 unspecified atom stereocenters. The zero-order valence-corrected chi connectivity index (χ0v) is 16.7. The summed E-state index contributed by atoms with van der Waals surface area (Å²) in [7, 11) is 1.35. The first-order chi connectivity index (χ1) is 14.7. The number of hydrogen-bond donors (Lipinski definition) is 0. The number of esters is 1. The Labute approximate surface area is 176 Å². The van der Waals surface area contributed by atoms with Gasteiger partial charge in [0.1, 0.15) is 0 Å². The summed E-state index contributed by atoms with van der Waals surface area (Å²) in [5.41, 5.74) is 4.46. The van der Waals surface area contributed by atoms with E-state index in [-0.39, 0.29) is 6.04 Å². The highest BCUT2D eigenvalue weighted by Crippen LogP contribution is 2.25. The first-order valence-corrected chi connectivity index (χ1v) is 9.64. The first kappa shape index (κ1) is 20.8. The maximum absolute atomic E-state index is 11.5. The van der Waals surface area contributed by atoms with Crippen molar-refractivity contribution >= 4 is 11.7 Å². The van der Waals surface area contributed by atoms with Crippen molar-refractivity contribution in [3.8, 4) is 6.07 Å². The van der Waals surface area contributed by atoms with Crippen LogP contribution in [0.1, 0.15) is 34.7 Å². The van der Waals surface area contributed by atoms with E-state index in [0.29, 0.717) is 12.0 Å². The largest absolute Gasteiger partial charge is 0.466 e. The summed E-state index contributed by atoms with van der Waals surface area (Å²) in [5, 5.41) is 9.10. The second kappa shape index (κ2) is 10.5. The van der Waals surface area contributed by atoms with Crippen LogP contribution < -0.4 is 0 Å². The van der Waals surface area contributed by atoms with Crippen LogP contribution in [0.3, 0.4) is 0 Å². The van der Waals surface area contributed by atoms with Crippen LogP contribution in [0.15, 0.2) is 102 Å². The predicted octanol–water partition coefficient (Wildman–Crippen LogP) is 5.26. The van der Waals surface area contributed by atoms with Crippen LogP contribution >= 0.6 is 0 Å². The summed E-state index contributed by atoms with van der Waals surface area (Å²) >= 11 is 0. The predicted molar refractivity (Wildman–Crippen MR) is 118 cm³/mol. The zero-order valence-electron chi connectivity index (χ0n) is 16.7. The zero-order chi connectivity index (χ0) is 21.2. The van der Waals surface area contributed by atoms with Crippen LogP contribution in [0.25, 0.3) is 0 Å². The van der Waals surface area contributed by atoms with Gasteiger partial charge in [-0.15, -0.1) is 0 Å². The molecule has 3 rings (SSSR count). The van der Waals surface area contributed by atoms with Gasteiger partial charge in [-0.1, -0.05) is 78.9 Å². The number of aliphatic imine (C=N–C) groups is 1. The van der Waals surface area contributed by atoms with Crippen LogP contribution in [0.2, 0.25) is 0 Å². The molecule has 0 aliphatic carbocycles. The van der Waals surface area contributed by atoms with E-state index in [1.165, 1.54) is 13.2 Å². The summed E-state index contributed by atoms with van der Waals surface area (Å²) < 4.78 is 4.69. The third-order valence-corrected chi connectivity index (χ3v) is 4.62. The number of benzene rings is 3. The minimum atomic E-state index is -0.399. The van der Waals surface area contributed by atoms with Crippen LogP contribution in [-0.2, 0) is 9.53 Å². The van der Waals surface area contributed by atoms with Gasteiger partial charge in [-0.05, 0) is 24.1 Å². The van der Waals surface area contributed by atoms with Gasteiger partial charge >= 0.3 is 5.97 Å². The molecule has 0 fully saturated rings. The molecule has 3 aromatic carbocycles. The average molecular weight is 394 g/mol. The molecular formula is C26H22N2O2. The molecule has 4 heteroatoms. The Hall–Kier alpha value is -3.97. The normalized spacial score (nSPS) is 11.5. The van der Waals surface area contributed by atoms with Gasteiger partial charge in [-0.2, -0.15) is 5.26 Å². The molecule has 0 saturated carbocycles. The van der Waals surface area contributed by atoms with Gasteiger partial charge in [-0.3, -0.25) is 4.99 Å². The molecule has 148 valence electrons. The van der Waals surface area contributed by atoms with E-state index in [1.54, 1.807) is 18.2 Å². The van der Waals surface area contributed by atoms with E-state index in [9.17, 15) is 4.79 Å². The summed E-state index contributed by atoms with van der Waals surface area (Å²) in [6, 6.07) is 29.3. The SMILES string of the molecule is COC(=O)/C=C/CC(N=C(c1ccccc1)c1ccccc1)c1ccc(C#N)cc1. The lowest BCUT2D eigenvalue weighted by atomic mass is 9.99. The van der Waals surface area contributed by atoms with E-state index in [4.69, 9.17) is 15.0 Å². The smallest absolute Gasteiger partial charge is 0.330 e. The minimum absolute atomic E-state index is 0.228. The lowest BCUT2D eigenvalue weighted by Crippen LogP contribution is -2.07. The fraction of sp³-hybridized carbons (Fsp3) is 0.115. The van der Waals surface area contributed by atoms with E-state index in [1.807, 2.05) is 72.8 Å². The molecule has 1 atom stereocenters. The molecule has 0 spiro atoms. The second-order valence-corrected chi connectivity index (χ2v) is 6.62. The third kappa shape index (κ3) is 5.52. The molecule has 0 aromatic heterocycles. The van der Waals surface area contributed by atoms with E-state index in [0.717, 1.165) is 22.4 Å². The quantitative estimate of drug-likeness (QED) is 0.312. The number of carbonyl (C=O) groups excluding carboxylic acids is 1. The Balaban J connectivity index is 2.06. The minimum Gasteiger partial charge on any atom is -0.466 e. The van der Waals surface area contributed by atoms with Gasteiger partial charge < -0.3 is 4.74 Å². The topological polar surface area (TPSA) is 62.4 Å². The number of hydrogen-bond acceptors (Lipinski definition) is 4. The van der Waals surface area contributed by atoms with Crippen molar-refractivity contribution in [1.29, 1.82) is 5.26 Å². The molecule has 0 aliphatic heterocycles. The Morgan fingerprint density at radius 2 is 1.53 bits per heavy atom. The standard InChI is InChI=1S/C26H22N2O2/c1-30-25(29)14-8-13-24(21-17-15-20(19-27)16-18-21)28-26(22-9-4-2-5-10-22)23-11-6-3-7-12-23/h2-12,14-18,24H,13H2,1H3/b14-8+. The number of carbonyl (C=O) groups is 1. The Morgan fingerprint density at radius 1 is 0.967 bits per heavy atom. The monoisotopic (exact) mass is 394 g/mol. The summed E-state index contributed by atoms with van der Waals surface area (Å²) in [5.74, 6) is -0.399. The molecule has 0 heterocycles. The van der Waals surface area contributed by atoms with Gasteiger partial charge in [0.15, 0.2) is 0 Å². The maximum Gasteiger partial charge on any atom is 0.330 e. The molecule has 0 aliphatic rings. The number of ether oxygens (including phenoxy) is 1. The molecule has 0 saturated heterocycles. The Kier molecular flexibility index (Phi) is 7.29. The fourth-order valence-corrected chi connectivity index (χ4v) is 3.07. The average Bonchev–Trinajstić information content (AvgIpc) is 2.82. The van der Waals surface area contributed by atoms with Crippen molar-refractivity contribution in [3.05, 3.63) is 119 Å². The summed E-state index contributed by atoms with van der Waals surface area (Å²) in [6.45, 7) is 0. The molecule has 0 bridgehead atoms. The maximum atomic E-state index is 11.5. The third-order valence-electron chi connectivity index (χ3n) is 4.62. The molecule has 0 amide bonds. The van der Waals surface area contributed by atoms with Gasteiger partial charge in [0.25, 0.3) is 0 Å². The van der Waals surface area contributed by atoms with Crippen LogP contribution in [0, 0.1) is 11.3 Å².